The van der Waals surface area contributed by atoms with Gasteiger partial charge in [0.1, 0.15) is 11.1 Å². The van der Waals surface area contributed by atoms with Crippen molar-refractivity contribution in [1.82, 2.24) is 24.7 Å². The number of carbonyl (C=O) groups excluding carboxylic acids is 1. The zero-order chi connectivity index (χ0) is 18.1. The van der Waals surface area contributed by atoms with Crippen LogP contribution in [0.25, 0.3) is 4.96 Å². The Kier molecular flexibility index (Phi) is 4.88. The summed E-state index contributed by atoms with van der Waals surface area (Å²) in [6, 6.07) is 7.58. The first-order chi connectivity index (χ1) is 12.6. The molecule has 1 amide bonds. The molecule has 0 spiro atoms. The van der Waals surface area contributed by atoms with Crippen LogP contribution in [0.5, 0.6) is 0 Å². The maximum absolute atomic E-state index is 12.6. The van der Waals surface area contributed by atoms with Gasteiger partial charge in [0.2, 0.25) is 10.9 Å². The lowest BCUT2D eigenvalue weighted by atomic mass is 10.1. The number of morpholine rings is 1. The normalized spacial score (nSPS) is 17.8. The summed E-state index contributed by atoms with van der Waals surface area (Å²) in [6.07, 6.45) is 0.924. The molecule has 0 N–H and O–H groups in total. The fraction of sp³-hybridized carbons (Fsp3) is 0.412. The van der Waals surface area contributed by atoms with E-state index in [4.69, 9.17) is 16.3 Å². The molecule has 3 heterocycles. The number of amides is 1. The minimum Gasteiger partial charge on any atom is -0.370 e. The molecule has 1 aromatic carbocycles. The summed E-state index contributed by atoms with van der Waals surface area (Å²) in [4.78, 5) is 15.2. The number of halogens is 1. The highest BCUT2D eigenvalue weighted by Crippen LogP contribution is 2.24. The van der Waals surface area contributed by atoms with Gasteiger partial charge in [-0.15, -0.1) is 10.2 Å². The molecule has 3 aromatic rings. The third-order valence-corrected chi connectivity index (χ3v) is 5.61. The Balaban J connectivity index is 1.37. The summed E-state index contributed by atoms with van der Waals surface area (Å²) in [5.41, 5.74) is 1.04. The molecule has 0 radical (unpaired) electrons. The third-order valence-electron chi connectivity index (χ3n) is 4.40. The zero-order valence-corrected chi connectivity index (χ0v) is 15.8. The van der Waals surface area contributed by atoms with Gasteiger partial charge in [0.05, 0.1) is 13.2 Å². The zero-order valence-electron chi connectivity index (χ0n) is 14.3. The quantitative estimate of drug-likeness (QED) is 0.683. The average Bonchev–Trinajstić information content (AvgIpc) is 3.22. The number of hydrogen-bond donors (Lipinski definition) is 0. The Morgan fingerprint density at radius 1 is 1.35 bits per heavy atom. The second-order valence-corrected chi connectivity index (χ2v) is 7.67. The molecule has 1 aliphatic rings. The molecular formula is C17H18ClN5O2S. The van der Waals surface area contributed by atoms with E-state index in [9.17, 15) is 4.79 Å². The van der Waals surface area contributed by atoms with Crippen molar-refractivity contribution in [3.63, 3.8) is 0 Å². The predicted octanol–water partition coefficient (Wildman–Crippen LogP) is 2.68. The van der Waals surface area contributed by atoms with Crippen molar-refractivity contribution >= 4 is 33.8 Å². The van der Waals surface area contributed by atoms with Crippen molar-refractivity contribution < 1.29 is 9.53 Å². The van der Waals surface area contributed by atoms with Crippen LogP contribution in [0, 0.1) is 6.92 Å². The second kappa shape index (κ2) is 7.30. The lowest BCUT2D eigenvalue weighted by Gasteiger charge is -2.33. The smallest absolute Gasteiger partial charge is 0.234 e. The first-order valence-corrected chi connectivity index (χ1v) is 9.62. The fourth-order valence-electron chi connectivity index (χ4n) is 2.98. The van der Waals surface area contributed by atoms with Crippen LogP contribution in [0.1, 0.15) is 28.9 Å². The van der Waals surface area contributed by atoms with Crippen LogP contribution in [-0.2, 0) is 16.0 Å². The van der Waals surface area contributed by atoms with Gasteiger partial charge in [0.15, 0.2) is 5.82 Å². The Morgan fingerprint density at radius 2 is 2.15 bits per heavy atom. The fourth-order valence-corrected chi connectivity index (χ4v) is 3.99. The van der Waals surface area contributed by atoms with Crippen molar-refractivity contribution in [2.75, 3.05) is 19.7 Å². The van der Waals surface area contributed by atoms with Crippen LogP contribution in [0.4, 0.5) is 0 Å². The first-order valence-electron chi connectivity index (χ1n) is 8.43. The van der Waals surface area contributed by atoms with E-state index in [-0.39, 0.29) is 12.0 Å². The highest BCUT2D eigenvalue weighted by Gasteiger charge is 2.25. The number of rotatable bonds is 4. The van der Waals surface area contributed by atoms with Crippen LogP contribution >= 0.6 is 22.9 Å². The van der Waals surface area contributed by atoms with Crippen molar-refractivity contribution in [2.45, 2.75) is 25.9 Å². The number of hydrogen-bond acceptors (Lipinski definition) is 6. The number of ether oxygens (including phenoxy) is 1. The third kappa shape index (κ3) is 3.58. The lowest BCUT2D eigenvalue weighted by Crippen LogP contribution is -2.42. The summed E-state index contributed by atoms with van der Waals surface area (Å²) in [5.74, 6) is 0.878. The van der Waals surface area contributed by atoms with Crippen LogP contribution in [0.2, 0.25) is 5.02 Å². The Morgan fingerprint density at radius 3 is 2.92 bits per heavy atom. The Hall–Kier alpha value is -2.03. The van der Waals surface area contributed by atoms with E-state index in [1.165, 1.54) is 11.3 Å². The molecule has 1 fully saturated rings. The number of aryl methyl sites for hydroxylation is 2. The van der Waals surface area contributed by atoms with E-state index in [2.05, 4.69) is 15.3 Å². The maximum atomic E-state index is 12.6. The summed E-state index contributed by atoms with van der Waals surface area (Å²) in [7, 11) is 0. The molecular weight excluding hydrogens is 374 g/mol. The van der Waals surface area contributed by atoms with Crippen LogP contribution < -0.4 is 0 Å². The number of carbonyl (C=O) groups is 1. The highest BCUT2D eigenvalue weighted by atomic mass is 35.5. The van der Waals surface area contributed by atoms with E-state index < -0.39 is 0 Å². The molecule has 26 heavy (non-hydrogen) atoms. The number of aromatic nitrogens is 4. The summed E-state index contributed by atoms with van der Waals surface area (Å²) in [6.45, 7) is 3.58. The maximum Gasteiger partial charge on any atom is 0.234 e. The monoisotopic (exact) mass is 391 g/mol. The van der Waals surface area contributed by atoms with Crippen molar-refractivity contribution in [2.24, 2.45) is 0 Å². The first kappa shape index (κ1) is 17.4. The summed E-state index contributed by atoms with van der Waals surface area (Å²) >= 11 is 7.42. The second-order valence-electron chi connectivity index (χ2n) is 6.19. The predicted molar refractivity (Wildman–Crippen MR) is 98.4 cm³/mol. The molecule has 136 valence electrons. The topological polar surface area (TPSA) is 72.6 Å². The lowest BCUT2D eigenvalue weighted by molar-refractivity contribution is -0.139. The van der Waals surface area contributed by atoms with Gasteiger partial charge >= 0.3 is 0 Å². The molecule has 1 unspecified atom stereocenters. The number of fused-ring (bicyclic) bond motifs is 1. The van der Waals surface area contributed by atoms with Gasteiger partial charge < -0.3 is 9.64 Å². The molecule has 9 heteroatoms. The van der Waals surface area contributed by atoms with E-state index in [0.29, 0.717) is 37.6 Å². The van der Waals surface area contributed by atoms with E-state index >= 15 is 0 Å². The van der Waals surface area contributed by atoms with E-state index in [1.807, 2.05) is 36.1 Å². The van der Waals surface area contributed by atoms with E-state index in [1.54, 1.807) is 4.52 Å². The molecule has 1 aliphatic heterocycles. The molecule has 2 aromatic heterocycles. The molecule has 0 aliphatic carbocycles. The minimum atomic E-state index is -0.109. The number of benzene rings is 1. The molecule has 0 bridgehead atoms. The van der Waals surface area contributed by atoms with Crippen molar-refractivity contribution in [1.29, 1.82) is 0 Å². The number of nitrogens with zero attached hydrogens (tertiary/aromatic N) is 5. The SMILES string of the molecule is Cc1nnc2sc(CCC(=O)N3CCOC(c4ccc(Cl)cc4)C3)nn12. The molecule has 0 saturated carbocycles. The Bertz CT molecular complexity index is 923. The molecule has 1 saturated heterocycles. The molecule has 4 rings (SSSR count). The van der Waals surface area contributed by atoms with Gasteiger partial charge in [-0.2, -0.15) is 9.61 Å². The largest absolute Gasteiger partial charge is 0.370 e. The van der Waals surface area contributed by atoms with Gasteiger partial charge in [-0.1, -0.05) is 35.1 Å². The molecule has 7 nitrogen and oxygen atoms in total. The van der Waals surface area contributed by atoms with Gasteiger partial charge in [0.25, 0.3) is 0 Å². The molecule has 1 atom stereocenters. The summed E-state index contributed by atoms with van der Waals surface area (Å²) in [5, 5.41) is 14.1. The van der Waals surface area contributed by atoms with Gasteiger partial charge in [0, 0.05) is 24.4 Å². The van der Waals surface area contributed by atoms with Crippen LogP contribution in [0.15, 0.2) is 24.3 Å². The highest BCUT2D eigenvalue weighted by molar-refractivity contribution is 7.16. The minimum absolute atomic E-state index is 0.109. The van der Waals surface area contributed by atoms with Crippen molar-refractivity contribution in [3.05, 3.63) is 45.7 Å². The summed E-state index contributed by atoms with van der Waals surface area (Å²) < 4.78 is 7.54. The van der Waals surface area contributed by atoms with Crippen LogP contribution in [0.3, 0.4) is 0 Å². The Labute approximate surface area is 159 Å². The van der Waals surface area contributed by atoms with E-state index in [0.717, 1.165) is 21.4 Å². The average molecular weight is 392 g/mol. The van der Waals surface area contributed by atoms with Crippen molar-refractivity contribution in [3.8, 4) is 0 Å². The van der Waals surface area contributed by atoms with Crippen LogP contribution in [-0.4, -0.2) is 50.3 Å². The van der Waals surface area contributed by atoms with Gasteiger partial charge in [-0.05, 0) is 24.6 Å². The van der Waals surface area contributed by atoms with Gasteiger partial charge in [-0.3, -0.25) is 4.79 Å². The van der Waals surface area contributed by atoms with Gasteiger partial charge in [-0.25, -0.2) is 0 Å². The standard InChI is InChI=1S/C17H18ClN5O2S/c1-11-19-20-17-23(11)21-15(26-17)6-7-16(24)22-8-9-25-14(10-22)12-2-4-13(18)5-3-12/h2-5,14H,6-10H2,1H3.